The fourth-order valence-electron chi connectivity index (χ4n) is 17.9. The van der Waals surface area contributed by atoms with Gasteiger partial charge in [0.05, 0.1) is 7.11 Å². The van der Waals surface area contributed by atoms with Crippen LogP contribution >= 0.6 is 11.3 Å². The number of hydrogen-bond acceptors (Lipinski definition) is 3. The number of hydrogen-bond donors (Lipinski definition) is 0. The summed E-state index contributed by atoms with van der Waals surface area (Å²) in [6.07, 6.45) is 14.6. The van der Waals surface area contributed by atoms with Crippen LogP contribution in [0.1, 0.15) is 111 Å². The number of methoxy groups -OCH3 is 1. The van der Waals surface area contributed by atoms with Crippen LogP contribution in [0.4, 0.5) is 0 Å². The molecule has 2 saturated carbocycles. The summed E-state index contributed by atoms with van der Waals surface area (Å²) in [4.78, 5) is 14.3. The Bertz CT molecular complexity index is 3300. The number of esters is 1. The third-order valence-electron chi connectivity index (χ3n) is 18.5. The predicted octanol–water partition coefficient (Wildman–Crippen LogP) is 10.0. The quantitative estimate of drug-likeness (QED) is 0.133. The molecule has 0 radical (unpaired) electrons. The minimum atomic E-state index is -0.0535. The molecule has 0 bridgehead atoms. The number of rotatable bonds is 5. The van der Waals surface area contributed by atoms with Crippen LogP contribution in [-0.4, -0.2) is 13.1 Å². The maximum absolute atomic E-state index is 12.7. The van der Waals surface area contributed by atoms with E-state index in [0.717, 1.165) is 19.3 Å². The number of carbonyl (C=O) groups is 1. The van der Waals surface area contributed by atoms with Gasteiger partial charge in [0.2, 0.25) is 0 Å². The number of benzene rings is 4. The Morgan fingerprint density at radius 2 is 1.77 bits per heavy atom. The van der Waals surface area contributed by atoms with Crippen molar-refractivity contribution in [3.05, 3.63) is 95.9 Å². The summed E-state index contributed by atoms with van der Waals surface area (Å²) in [7, 11) is 1.56. The molecule has 9 atom stereocenters. The van der Waals surface area contributed by atoms with E-state index in [9.17, 15) is 4.79 Å². The van der Waals surface area contributed by atoms with E-state index < -0.39 is 0 Å². The van der Waals surface area contributed by atoms with Crippen LogP contribution in [0.2, 0.25) is 0 Å². The largest absolute Gasteiger partial charge is 0.469 e. The number of carbonyl (C=O) groups excluding carboxylic acids is 1. The highest BCUT2D eigenvalue weighted by molar-refractivity contribution is 7.10. The van der Waals surface area contributed by atoms with Crippen molar-refractivity contribution in [2.24, 2.45) is 23.7 Å². The first-order valence-corrected chi connectivity index (χ1v) is 21.2. The maximum atomic E-state index is 12.7. The summed E-state index contributed by atoms with van der Waals surface area (Å²) in [5.41, 5.74) is 21.3. The van der Waals surface area contributed by atoms with Crippen LogP contribution in [0, 0.1) is 23.7 Å². The molecule has 246 valence electrons. The normalized spacial score (nSPS) is 36.2. The molecule has 11 aliphatic rings. The van der Waals surface area contributed by atoms with Crippen molar-refractivity contribution in [1.29, 1.82) is 0 Å². The van der Waals surface area contributed by atoms with Gasteiger partial charge in [0, 0.05) is 45.8 Å². The molecule has 0 aliphatic heterocycles. The van der Waals surface area contributed by atoms with Gasteiger partial charge in [-0.05, 0) is 200 Å². The van der Waals surface area contributed by atoms with Crippen molar-refractivity contribution in [3.8, 4) is 0 Å². The second kappa shape index (κ2) is 6.84. The van der Waals surface area contributed by atoms with Gasteiger partial charge in [0.25, 0.3) is 0 Å². The Kier molecular flexibility index (Phi) is 3.28. The smallest absolute Gasteiger partial charge is 0.305 e. The van der Waals surface area contributed by atoms with Gasteiger partial charge < -0.3 is 4.74 Å². The van der Waals surface area contributed by atoms with Gasteiger partial charge in [0.15, 0.2) is 0 Å². The van der Waals surface area contributed by atoms with Crippen LogP contribution in [0.5, 0.6) is 0 Å². The Hall–Kier alpha value is -4.21. The molecule has 0 N–H and O–H groups in total. The molecule has 1 heterocycles. The first kappa shape index (κ1) is 24.9. The lowest BCUT2D eigenvalue weighted by molar-refractivity contribution is -0.140. The maximum Gasteiger partial charge on any atom is 0.305 e. The minimum Gasteiger partial charge on any atom is -0.469 e. The second-order valence-corrected chi connectivity index (χ2v) is 20.3. The van der Waals surface area contributed by atoms with E-state index in [-0.39, 0.29) is 16.8 Å². The molecular weight excluding hydrogens is 653 g/mol. The van der Waals surface area contributed by atoms with Crippen molar-refractivity contribution >= 4 is 87.9 Å². The van der Waals surface area contributed by atoms with Gasteiger partial charge in [-0.2, -0.15) is 0 Å². The third-order valence-corrected chi connectivity index (χ3v) is 19.5. The molecule has 7 aromatic rings. The van der Waals surface area contributed by atoms with E-state index >= 15 is 0 Å². The average molecular weight is 685 g/mol. The Balaban J connectivity index is 1.11. The molecule has 11 aliphatic carbocycles. The second-order valence-electron chi connectivity index (χ2n) is 19.4. The molecule has 3 heteroatoms. The molecule has 1 aromatic heterocycles. The van der Waals surface area contributed by atoms with E-state index in [1.165, 1.54) is 25.7 Å². The third kappa shape index (κ3) is 1.90. The average Bonchev–Trinajstić information content (AvgIpc) is 3.93. The molecule has 2 nitrogen and oxygen atoms in total. The van der Waals surface area contributed by atoms with Gasteiger partial charge >= 0.3 is 5.97 Å². The fourth-order valence-corrected chi connectivity index (χ4v) is 19.0. The van der Waals surface area contributed by atoms with Crippen molar-refractivity contribution < 1.29 is 9.53 Å². The topological polar surface area (TPSA) is 26.3 Å². The number of allylic oxidation sites excluding steroid dienone is 4. The van der Waals surface area contributed by atoms with E-state index in [0.29, 0.717) is 47.8 Å². The predicted molar refractivity (Wildman–Crippen MR) is 207 cm³/mol. The van der Waals surface area contributed by atoms with Crippen molar-refractivity contribution in [1.82, 2.24) is 0 Å². The molecule has 0 amide bonds. The Labute approximate surface area is 302 Å². The van der Waals surface area contributed by atoms with Gasteiger partial charge in [0.1, 0.15) is 0 Å². The summed E-state index contributed by atoms with van der Waals surface area (Å²) in [6, 6.07) is 7.54. The zero-order chi connectivity index (χ0) is 32.8. The van der Waals surface area contributed by atoms with Gasteiger partial charge in [-0.25, -0.2) is 0 Å². The van der Waals surface area contributed by atoms with Crippen LogP contribution in [0.15, 0.2) is 35.7 Å². The van der Waals surface area contributed by atoms with Crippen molar-refractivity contribution in [2.45, 2.75) is 80.0 Å². The summed E-state index contributed by atoms with van der Waals surface area (Å²) in [5, 5.41) is 21.3. The Morgan fingerprint density at radius 3 is 2.67 bits per heavy atom. The molecule has 18 rings (SSSR count). The number of fused-ring (bicyclic) bond motifs is 1. The van der Waals surface area contributed by atoms with Gasteiger partial charge in [-0.1, -0.05) is 24.3 Å². The van der Waals surface area contributed by atoms with E-state index in [1.807, 2.05) is 33.6 Å². The van der Waals surface area contributed by atoms with E-state index in [2.05, 4.69) is 35.7 Å². The number of ether oxygens (including phenoxy) is 1. The highest BCUT2D eigenvalue weighted by Gasteiger charge is 2.83. The summed E-state index contributed by atoms with van der Waals surface area (Å²) >= 11 is 2.01. The van der Waals surface area contributed by atoms with Gasteiger partial charge in [-0.15, -0.1) is 11.3 Å². The lowest BCUT2D eigenvalue weighted by Crippen LogP contribution is -2.26. The standard InChI is InChI=1S/C49H32O2S/c1-51-25(50)5-2-6-48(24-4-3-7-52-24)47-23-14-21-12-18-10-19-9-16-8-17-11-20-13-22-15-49(47,48)46-32(22)37-31(20)36-27(17)26(16)34-30(19)35-28(18)29(21)38-33(23)45(46)44-42(37)40(36)39(34)41(35)43(38)44/h3-4,7,9,11,14,18,20-22,28,31,47H,2,5-6,8,10,12-13,15H2,1H3. The number of thiophene rings is 1. The van der Waals surface area contributed by atoms with E-state index in [1.54, 1.807) is 116 Å². The molecule has 6 aromatic carbocycles. The SMILES string of the molecule is COC(=O)CCCC1(c2cccs2)C2C3=CC4CC5Cc6cc7c8c9c%10c%11c%12c%13c%14c(c%15c3c3c(c%16c(c6c8c%11%16)C5C=34)c%15%12)C21CC%14CC(C=C9C7)C%13%10. The van der Waals surface area contributed by atoms with Crippen molar-refractivity contribution in [2.75, 3.05) is 7.11 Å². The molecular formula is C49H32O2S. The lowest BCUT2D eigenvalue weighted by atomic mass is 9.66. The Morgan fingerprint density at radius 1 is 0.885 bits per heavy atom. The summed E-state index contributed by atoms with van der Waals surface area (Å²) in [5.74, 6) is 4.10. The molecule has 1 spiro atoms. The summed E-state index contributed by atoms with van der Waals surface area (Å²) < 4.78 is 5.24. The van der Waals surface area contributed by atoms with E-state index in [4.69, 9.17) is 4.74 Å². The lowest BCUT2D eigenvalue weighted by Gasteiger charge is -2.37. The van der Waals surface area contributed by atoms with Crippen LogP contribution in [0.3, 0.4) is 0 Å². The first-order valence-electron chi connectivity index (χ1n) is 20.4. The van der Waals surface area contributed by atoms with Crippen LogP contribution in [-0.2, 0) is 33.2 Å². The monoisotopic (exact) mass is 684 g/mol. The minimum absolute atomic E-state index is 0.0533. The first-order chi connectivity index (χ1) is 25.7. The molecule has 2 fully saturated rings. The highest BCUT2D eigenvalue weighted by atomic mass is 32.1. The molecule has 52 heavy (non-hydrogen) atoms. The summed E-state index contributed by atoms with van der Waals surface area (Å²) in [6.45, 7) is 0. The highest BCUT2D eigenvalue weighted by Crippen LogP contribution is 2.87. The zero-order valence-electron chi connectivity index (χ0n) is 28.9. The fraction of sp³-hybridized carbons (Fsp3) is 0.367. The zero-order valence-corrected chi connectivity index (χ0v) is 29.7. The van der Waals surface area contributed by atoms with Crippen molar-refractivity contribution in [3.63, 3.8) is 0 Å². The van der Waals surface area contributed by atoms with Crippen LogP contribution < -0.4 is 5.22 Å². The van der Waals surface area contributed by atoms with Gasteiger partial charge in [-0.3, -0.25) is 4.79 Å². The molecule has 0 saturated heterocycles. The molecule has 9 unspecified atom stereocenters. The van der Waals surface area contributed by atoms with Crippen LogP contribution in [0.25, 0.3) is 70.6 Å².